The predicted molar refractivity (Wildman–Crippen MR) is 125 cm³/mol. The summed E-state index contributed by atoms with van der Waals surface area (Å²) in [7, 11) is -10.1. The van der Waals surface area contributed by atoms with Crippen LogP contribution in [0.5, 0.6) is 11.6 Å². The SMILES string of the molecule is CCOc1cc(C(=O)C(C)n2nc3c(C)cc(OC(CC)CC)nn3c2=N)cc(S(F)(F)(F)(F)F)c1. The Hall–Kier alpha value is -3.16. The van der Waals surface area contributed by atoms with E-state index in [-0.39, 0.29) is 42.0 Å². The van der Waals surface area contributed by atoms with E-state index in [2.05, 4.69) is 10.2 Å². The van der Waals surface area contributed by atoms with Crippen LogP contribution >= 0.6 is 10.2 Å². The van der Waals surface area contributed by atoms with Crippen LogP contribution < -0.4 is 15.1 Å². The van der Waals surface area contributed by atoms with Gasteiger partial charge in [-0.25, -0.2) is 4.68 Å². The Morgan fingerprint density at radius 3 is 2.25 bits per heavy atom. The van der Waals surface area contributed by atoms with E-state index in [9.17, 15) is 24.2 Å². The number of hydrogen-bond donors (Lipinski definition) is 1. The number of Topliss-reactive ketones (excluding diaryl/α,β-unsaturated/α-hetero) is 1. The van der Waals surface area contributed by atoms with Crippen LogP contribution in [0.25, 0.3) is 5.65 Å². The lowest BCUT2D eigenvalue weighted by molar-refractivity contribution is 0.0924. The molecule has 0 aliphatic heterocycles. The highest BCUT2D eigenvalue weighted by molar-refractivity contribution is 8.45. The zero-order valence-electron chi connectivity index (χ0n) is 20.4. The van der Waals surface area contributed by atoms with Gasteiger partial charge in [-0.3, -0.25) is 10.2 Å². The fraction of sp³-hybridized carbons (Fsp3) is 0.455. The maximum absolute atomic E-state index is 13.5. The molecular formula is C22H28F5N5O3S. The van der Waals surface area contributed by atoms with Crippen LogP contribution in [-0.4, -0.2) is 37.9 Å². The summed E-state index contributed by atoms with van der Waals surface area (Å²) in [6.07, 6.45) is 1.38. The molecular weight excluding hydrogens is 509 g/mol. The second-order valence-corrected chi connectivity index (χ2v) is 10.8. The van der Waals surface area contributed by atoms with Gasteiger partial charge in [-0.1, -0.05) is 33.3 Å². The maximum atomic E-state index is 13.5. The van der Waals surface area contributed by atoms with E-state index in [1.165, 1.54) is 13.8 Å². The van der Waals surface area contributed by atoms with Crippen molar-refractivity contribution in [1.29, 1.82) is 5.41 Å². The Kier molecular flexibility index (Phi) is 6.66. The van der Waals surface area contributed by atoms with E-state index in [1.54, 1.807) is 13.0 Å². The molecule has 0 aliphatic carbocycles. The van der Waals surface area contributed by atoms with Gasteiger partial charge >= 0.3 is 10.2 Å². The average molecular weight is 538 g/mol. The number of halogens is 5. The molecule has 2 aromatic heterocycles. The van der Waals surface area contributed by atoms with E-state index >= 15 is 0 Å². The van der Waals surface area contributed by atoms with Crippen LogP contribution in [0.15, 0.2) is 29.2 Å². The molecule has 3 aromatic rings. The van der Waals surface area contributed by atoms with Crippen molar-refractivity contribution < 1.29 is 33.7 Å². The number of rotatable bonds is 10. The molecule has 2 heterocycles. The predicted octanol–water partition coefficient (Wildman–Crippen LogP) is 6.39. The molecule has 0 bridgehead atoms. The van der Waals surface area contributed by atoms with Gasteiger partial charge in [0.25, 0.3) is 0 Å². The Labute approximate surface area is 204 Å². The smallest absolute Gasteiger partial charge is 0.310 e. The summed E-state index contributed by atoms with van der Waals surface area (Å²) in [5.41, 5.74) is -0.187. The molecule has 36 heavy (non-hydrogen) atoms. The molecule has 8 nitrogen and oxygen atoms in total. The molecule has 0 aliphatic rings. The molecule has 1 N–H and O–H groups in total. The van der Waals surface area contributed by atoms with Crippen molar-refractivity contribution in [3.8, 4) is 11.6 Å². The van der Waals surface area contributed by atoms with E-state index in [1.807, 2.05) is 13.8 Å². The number of nitrogens with zero attached hydrogens (tertiary/aromatic N) is 4. The van der Waals surface area contributed by atoms with Crippen LogP contribution in [0.4, 0.5) is 19.4 Å². The lowest BCUT2D eigenvalue weighted by Gasteiger charge is -2.40. The summed E-state index contributed by atoms with van der Waals surface area (Å²) in [6.45, 7) is 8.28. The van der Waals surface area contributed by atoms with Gasteiger partial charge in [-0.05, 0) is 45.7 Å². The van der Waals surface area contributed by atoms with Gasteiger partial charge in [0, 0.05) is 23.3 Å². The molecule has 14 heteroatoms. The van der Waals surface area contributed by atoms with Crippen molar-refractivity contribution in [3.05, 3.63) is 41.0 Å². The molecule has 0 fully saturated rings. The lowest BCUT2D eigenvalue weighted by Crippen LogP contribution is -2.30. The minimum Gasteiger partial charge on any atom is -0.494 e. The molecule has 1 unspecified atom stereocenters. The summed E-state index contributed by atoms with van der Waals surface area (Å²) in [6, 6.07) is 1.55. The van der Waals surface area contributed by atoms with Crippen LogP contribution in [0.3, 0.4) is 0 Å². The highest BCUT2D eigenvalue weighted by atomic mass is 32.5. The number of aryl methyl sites for hydroxylation is 1. The van der Waals surface area contributed by atoms with E-state index in [0.717, 1.165) is 28.1 Å². The maximum Gasteiger partial charge on any atom is 0.310 e. The fourth-order valence-corrected chi connectivity index (χ4v) is 4.29. The molecule has 0 spiro atoms. The molecule has 0 amide bonds. The second-order valence-electron chi connectivity index (χ2n) is 8.36. The molecule has 0 saturated heterocycles. The van der Waals surface area contributed by atoms with E-state index < -0.39 is 38.3 Å². The molecule has 1 aromatic carbocycles. The van der Waals surface area contributed by atoms with Crippen LogP contribution in [0.2, 0.25) is 0 Å². The normalized spacial score (nSPS) is 15.0. The zero-order chi connectivity index (χ0) is 27.1. The minimum absolute atomic E-state index is 0.0965. The highest BCUT2D eigenvalue weighted by Gasteiger charge is 2.65. The number of benzene rings is 1. The van der Waals surface area contributed by atoms with Crippen molar-refractivity contribution in [2.24, 2.45) is 0 Å². The third-order valence-corrected chi connectivity index (χ3v) is 6.70. The minimum atomic E-state index is -10.1. The van der Waals surface area contributed by atoms with Crippen molar-refractivity contribution in [2.45, 2.75) is 64.5 Å². The number of fused-ring (bicyclic) bond motifs is 1. The summed E-state index contributed by atoms with van der Waals surface area (Å²) in [5.74, 6) is -1.24. The van der Waals surface area contributed by atoms with Gasteiger partial charge < -0.3 is 9.47 Å². The van der Waals surface area contributed by atoms with Crippen molar-refractivity contribution in [1.82, 2.24) is 19.4 Å². The lowest BCUT2D eigenvalue weighted by atomic mass is 10.1. The Morgan fingerprint density at radius 2 is 1.69 bits per heavy atom. The fourth-order valence-electron chi connectivity index (χ4n) is 3.60. The summed E-state index contributed by atoms with van der Waals surface area (Å²) in [4.78, 5) is 10.9. The van der Waals surface area contributed by atoms with E-state index in [4.69, 9.17) is 14.9 Å². The molecule has 3 rings (SSSR count). The zero-order valence-corrected chi connectivity index (χ0v) is 21.2. The van der Waals surface area contributed by atoms with Gasteiger partial charge in [0.15, 0.2) is 11.4 Å². The first kappa shape index (κ1) is 27.4. The number of ketones is 1. The van der Waals surface area contributed by atoms with Crippen LogP contribution in [-0.2, 0) is 0 Å². The van der Waals surface area contributed by atoms with Gasteiger partial charge in [0.1, 0.15) is 16.7 Å². The third kappa shape index (κ3) is 5.63. The average Bonchev–Trinajstić information content (AvgIpc) is 3.12. The van der Waals surface area contributed by atoms with Gasteiger partial charge in [0.2, 0.25) is 11.5 Å². The number of hydrogen-bond acceptors (Lipinski definition) is 6. The third-order valence-electron chi connectivity index (χ3n) is 5.58. The number of carbonyl (C=O) groups excluding carboxylic acids is 1. The first-order chi connectivity index (χ1) is 16.5. The Balaban J connectivity index is 2.08. The number of carbonyl (C=O) groups is 1. The summed E-state index contributed by atoms with van der Waals surface area (Å²) >= 11 is 0. The molecule has 0 saturated carbocycles. The molecule has 0 radical (unpaired) electrons. The molecule has 200 valence electrons. The number of ether oxygens (including phenoxy) is 2. The topological polar surface area (TPSA) is 94.5 Å². The quantitative estimate of drug-likeness (QED) is 0.239. The Morgan fingerprint density at radius 1 is 1.06 bits per heavy atom. The molecule has 1 atom stereocenters. The monoisotopic (exact) mass is 537 g/mol. The number of nitrogens with one attached hydrogen (secondary N) is 1. The second kappa shape index (κ2) is 8.75. The van der Waals surface area contributed by atoms with Gasteiger partial charge in [-0.2, -0.15) is 4.52 Å². The van der Waals surface area contributed by atoms with E-state index in [0.29, 0.717) is 5.56 Å². The first-order valence-corrected chi connectivity index (χ1v) is 13.2. The van der Waals surface area contributed by atoms with Crippen LogP contribution in [0.1, 0.15) is 62.5 Å². The summed E-state index contributed by atoms with van der Waals surface area (Å²) in [5, 5.41) is 17.0. The first-order valence-electron chi connectivity index (χ1n) is 11.3. The highest BCUT2D eigenvalue weighted by Crippen LogP contribution is 3.02. The standard InChI is InChI=1S/C22H28F5N5O3S/c1-6-16(7-2)35-19-9-13(4)21-30-31(22(28)32(21)29-19)14(5)20(33)15-10-17(34-8-3)12-18(11-15)36(23,24,25,26)27/h9-12,14,16,28H,6-8H2,1-5H3. The summed E-state index contributed by atoms with van der Waals surface area (Å²) < 4.78 is 80.6. The number of aromatic nitrogens is 4. The van der Waals surface area contributed by atoms with Gasteiger partial charge in [0.05, 0.1) is 12.7 Å². The van der Waals surface area contributed by atoms with Crippen molar-refractivity contribution in [3.63, 3.8) is 0 Å². The van der Waals surface area contributed by atoms with Crippen molar-refractivity contribution >= 4 is 21.7 Å². The Bertz CT molecular complexity index is 1370. The largest absolute Gasteiger partial charge is 0.494 e. The van der Waals surface area contributed by atoms with Gasteiger partial charge in [-0.15, -0.1) is 10.2 Å². The van der Waals surface area contributed by atoms with Crippen molar-refractivity contribution in [2.75, 3.05) is 6.61 Å². The van der Waals surface area contributed by atoms with Crippen LogP contribution in [0, 0.1) is 12.3 Å².